The van der Waals surface area contributed by atoms with E-state index in [1.165, 1.54) is 0 Å². The third-order valence-electron chi connectivity index (χ3n) is 5.66. The number of aromatic nitrogens is 5. The van der Waals surface area contributed by atoms with E-state index < -0.39 is 0 Å². The van der Waals surface area contributed by atoms with Crippen LogP contribution >= 0.6 is 0 Å². The van der Waals surface area contributed by atoms with Crippen molar-refractivity contribution < 1.29 is 0 Å². The quantitative estimate of drug-likeness (QED) is 0.192. The number of rotatable bonds is 8. The van der Waals surface area contributed by atoms with Crippen LogP contribution in [0.1, 0.15) is 37.5 Å². The van der Waals surface area contributed by atoms with Gasteiger partial charge in [-0.1, -0.05) is 17.2 Å². The molecule has 1 aliphatic carbocycles. The molecule has 1 aliphatic rings. The molecule has 5 rings (SSSR count). The minimum atomic E-state index is 0.00228. The van der Waals surface area contributed by atoms with E-state index in [4.69, 9.17) is 10.5 Å². The fraction of sp³-hybridized carbons (Fsp3) is 0.381. The number of nitrogens with zero attached hydrogens (tertiary/aromatic N) is 8. The second-order valence-electron chi connectivity index (χ2n) is 7.66. The molecule has 9 heteroatoms. The average molecular weight is 402 g/mol. The van der Waals surface area contributed by atoms with Gasteiger partial charge in [-0.05, 0) is 49.4 Å². The lowest BCUT2D eigenvalue weighted by Gasteiger charge is -2.09. The predicted octanol–water partition coefficient (Wildman–Crippen LogP) is 4.02. The zero-order chi connectivity index (χ0) is 20.5. The number of azide groups is 1. The van der Waals surface area contributed by atoms with Gasteiger partial charge < -0.3 is 4.57 Å². The van der Waals surface area contributed by atoms with Gasteiger partial charge in [0, 0.05) is 30.2 Å². The molecule has 1 saturated carbocycles. The summed E-state index contributed by atoms with van der Waals surface area (Å²) in [6, 6.07) is 10.2. The van der Waals surface area contributed by atoms with Crippen molar-refractivity contribution in [1.29, 1.82) is 0 Å². The van der Waals surface area contributed by atoms with Crippen molar-refractivity contribution in [3.63, 3.8) is 0 Å². The number of hydrogen-bond acceptors (Lipinski definition) is 4. The maximum absolute atomic E-state index is 13.2. The van der Waals surface area contributed by atoms with Crippen LogP contribution in [0.2, 0.25) is 0 Å². The number of imidazole rings is 2. The Kier molecular flexibility index (Phi) is 4.72. The first-order valence-electron chi connectivity index (χ1n) is 10.3. The number of para-hydroxylation sites is 2. The minimum absolute atomic E-state index is 0.00228. The number of hydrogen-bond donors (Lipinski definition) is 0. The topological polar surface area (TPSA) is 106 Å². The van der Waals surface area contributed by atoms with Gasteiger partial charge in [0.1, 0.15) is 5.82 Å². The lowest BCUT2D eigenvalue weighted by atomic mass is 10.3. The highest BCUT2D eigenvalue weighted by molar-refractivity contribution is 5.77. The zero-order valence-electron chi connectivity index (χ0n) is 16.6. The van der Waals surface area contributed by atoms with E-state index in [1.807, 2.05) is 28.8 Å². The molecular weight excluding hydrogens is 380 g/mol. The molecular formula is C21H22N8O. The second kappa shape index (κ2) is 7.68. The number of pyridine rings is 1. The summed E-state index contributed by atoms with van der Waals surface area (Å²) in [6.45, 7) is 1.63. The van der Waals surface area contributed by atoms with Gasteiger partial charge in [-0.3, -0.25) is 14.1 Å². The fourth-order valence-electron chi connectivity index (χ4n) is 4.10. The SMILES string of the molecule is [N-]=[N+]=NCCCCn1c(Cn2c(=O)n(C3CC3)c3ccncc32)nc2ccccc21. The lowest BCUT2D eigenvalue weighted by molar-refractivity contribution is 0.579. The standard InChI is InChI=1S/C21H22N8O/c22-26-24-10-3-4-12-27-17-6-2-1-5-16(17)25-20(27)14-28-19-13-23-11-9-18(19)29(21(28)30)15-7-8-15/h1-2,5-6,9,11,13,15H,3-4,7-8,10,12,14H2. The summed E-state index contributed by atoms with van der Waals surface area (Å²) in [5, 5.41) is 3.61. The first-order valence-corrected chi connectivity index (χ1v) is 10.3. The van der Waals surface area contributed by atoms with Gasteiger partial charge in [-0.2, -0.15) is 0 Å². The van der Waals surface area contributed by atoms with Gasteiger partial charge >= 0.3 is 5.69 Å². The van der Waals surface area contributed by atoms with E-state index >= 15 is 0 Å². The molecule has 0 bridgehead atoms. The van der Waals surface area contributed by atoms with E-state index in [9.17, 15) is 4.79 Å². The van der Waals surface area contributed by atoms with E-state index in [1.54, 1.807) is 17.0 Å². The van der Waals surface area contributed by atoms with E-state index in [2.05, 4.69) is 25.6 Å². The van der Waals surface area contributed by atoms with Crippen molar-refractivity contribution in [3.05, 3.63) is 69.5 Å². The Morgan fingerprint density at radius 2 is 1.97 bits per heavy atom. The van der Waals surface area contributed by atoms with Crippen LogP contribution in [-0.4, -0.2) is 30.2 Å². The third-order valence-corrected chi connectivity index (χ3v) is 5.66. The Bertz CT molecular complexity index is 1320. The van der Waals surface area contributed by atoms with Crippen molar-refractivity contribution in [2.45, 2.75) is 44.8 Å². The average Bonchev–Trinajstić information content (AvgIpc) is 3.48. The molecule has 1 fully saturated rings. The van der Waals surface area contributed by atoms with Crippen LogP contribution in [0.4, 0.5) is 0 Å². The number of fused-ring (bicyclic) bond motifs is 2. The van der Waals surface area contributed by atoms with Crippen molar-refractivity contribution in [2.75, 3.05) is 6.54 Å². The highest BCUT2D eigenvalue weighted by Crippen LogP contribution is 2.36. The monoisotopic (exact) mass is 402 g/mol. The van der Waals surface area contributed by atoms with Crippen LogP contribution in [0.3, 0.4) is 0 Å². The normalized spacial score (nSPS) is 13.7. The summed E-state index contributed by atoms with van der Waals surface area (Å²) >= 11 is 0. The summed E-state index contributed by atoms with van der Waals surface area (Å²) in [7, 11) is 0. The van der Waals surface area contributed by atoms with Crippen molar-refractivity contribution in [3.8, 4) is 0 Å². The lowest BCUT2D eigenvalue weighted by Crippen LogP contribution is -2.25. The zero-order valence-corrected chi connectivity index (χ0v) is 16.6. The molecule has 30 heavy (non-hydrogen) atoms. The van der Waals surface area contributed by atoms with Crippen LogP contribution in [0, 0.1) is 0 Å². The Hall–Kier alpha value is -3.58. The predicted molar refractivity (Wildman–Crippen MR) is 114 cm³/mol. The molecule has 0 atom stereocenters. The molecule has 1 aromatic carbocycles. The number of benzene rings is 1. The van der Waals surface area contributed by atoms with Gasteiger partial charge in [-0.25, -0.2) is 9.78 Å². The first kappa shape index (κ1) is 18.4. The van der Waals surface area contributed by atoms with Crippen LogP contribution in [0.5, 0.6) is 0 Å². The summed E-state index contributed by atoms with van der Waals surface area (Å²) in [5.41, 5.74) is 12.2. The van der Waals surface area contributed by atoms with Gasteiger partial charge in [-0.15, -0.1) is 0 Å². The first-order chi connectivity index (χ1) is 14.8. The smallest absolute Gasteiger partial charge is 0.326 e. The Morgan fingerprint density at radius 3 is 2.80 bits per heavy atom. The maximum Gasteiger partial charge on any atom is 0.329 e. The third kappa shape index (κ3) is 3.23. The molecule has 0 aliphatic heterocycles. The number of unbranched alkanes of at least 4 members (excludes halogenated alkanes) is 1. The van der Waals surface area contributed by atoms with Gasteiger partial charge in [0.15, 0.2) is 0 Å². The molecule has 4 aromatic rings. The molecule has 0 unspecified atom stereocenters. The highest BCUT2D eigenvalue weighted by atomic mass is 16.1. The largest absolute Gasteiger partial charge is 0.329 e. The molecule has 3 aromatic heterocycles. The summed E-state index contributed by atoms with van der Waals surface area (Å²) < 4.78 is 5.87. The molecule has 3 heterocycles. The van der Waals surface area contributed by atoms with Crippen molar-refractivity contribution >= 4 is 22.1 Å². The van der Waals surface area contributed by atoms with Gasteiger partial charge in [0.2, 0.25) is 0 Å². The Labute approximate surface area is 172 Å². The molecule has 0 saturated heterocycles. The maximum atomic E-state index is 13.2. The van der Waals surface area contributed by atoms with Crippen molar-refractivity contribution in [2.24, 2.45) is 5.11 Å². The van der Waals surface area contributed by atoms with Crippen molar-refractivity contribution in [1.82, 2.24) is 23.7 Å². The minimum Gasteiger partial charge on any atom is -0.326 e. The molecule has 9 nitrogen and oxygen atoms in total. The molecule has 0 spiro atoms. The van der Waals surface area contributed by atoms with Crippen LogP contribution < -0.4 is 5.69 Å². The molecule has 0 radical (unpaired) electrons. The van der Waals surface area contributed by atoms with Gasteiger partial charge in [0.25, 0.3) is 0 Å². The second-order valence-corrected chi connectivity index (χ2v) is 7.66. The highest BCUT2D eigenvalue weighted by Gasteiger charge is 2.29. The van der Waals surface area contributed by atoms with Crippen LogP contribution in [-0.2, 0) is 13.1 Å². The molecule has 0 amide bonds. The van der Waals surface area contributed by atoms with E-state index in [0.29, 0.717) is 19.1 Å². The summed E-state index contributed by atoms with van der Waals surface area (Å²) in [5.74, 6) is 0.848. The fourth-order valence-corrected chi connectivity index (χ4v) is 4.10. The molecule has 152 valence electrons. The summed E-state index contributed by atoms with van der Waals surface area (Å²) in [4.78, 5) is 25.1. The summed E-state index contributed by atoms with van der Waals surface area (Å²) in [6.07, 6.45) is 7.27. The Balaban J connectivity index is 1.54. The van der Waals surface area contributed by atoms with Gasteiger partial charge in [0.05, 0.1) is 34.8 Å². The number of aryl methyl sites for hydroxylation is 1. The van der Waals surface area contributed by atoms with E-state index in [-0.39, 0.29) is 5.69 Å². The van der Waals surface area contributed by atoms with Crippen LogP contribution in [0.15, 0.2) is 52.6 Å². The van der Waals surface area contributed by atoms with Crippen LogP contribution in [0.25, 0.3) is 32.5 Å². The van der Waals surface area contributed by atoms with E-state index in [0.717, 1.165) is 60.1 Å². The Morgan fingerprint density at radius 1 is 1.10 bits per heavy atom. The molecule has 0 N–H and O–H groups in total.